The van der Waals surface area contributed by atoms with Crippen LogP contribution in [-0.4, -0.2) is 32.6 Å². The molecule has 3 aromatic carbocycles. The van der Waals surface area contributed by atoms with Crippen LogP contribution < -0.4 is 24.8 Å². The van der Waals surface area contributed by atoms with E-state index in [1.54, 1.807) is 54.6 Å². The molecule has 0 aliphatic heterocycles. The largest absolute Gasteiger partial charge is 0.497 e. The highest BCUT2D eigenvalue weighted by Gasteiger charge is 2.15. The number of benzene rings is 3. The van der Waals surface area contributed by atoms with Crippen molar-refractivity contribution in [2.75, 3.05) is 31.5 Å². The summed E-state index contributed by atoms with van der Waals surface area (Å²) in [6, 6.07) is 18.9. The van der Waals surface area contributed by atoms with Crippen LogP contribution >= 0.6 is 15.9 Å². The summed E-state index contributed by atoms with van der Waals surface area (Å²) in [6.45, 7) is -0.243. The van der Waals surface area contributed by atoms with E-state index in [0.29, 0.717) is 34.2 Å². The highest BCUT2D eigenvalue weighted by molar-refractivity contribution is 9.10. The lowest BCUT2D eigenvalue weighted by molar-refractivity contribution is -0.118. The first kappa shape index (κ1) is 22.2. The molecule has 0 fully saturated rings. The predicted octanol–water partition coefficient (Wildman–Crippen LogP) is 4.74. The molecular formula is C23H21BrN2O5. The molecule has 0 heterocycles. The first-order valence-electron chi connectivity index (χ1n) is 9.30. The number of hydrogen-bond donors (Lipinski definition) is 2. The van der Waals surface area contributed by atoms with Crippen LogP contribution in [-0.2, 0) is 4.79 Å². The summed E-state index contributed by atoms with van der Waals surface area (Å²) in [5.41, 5.74) is 1.44. The van der Waals surface area contributed by atoms with E-state index >= 15 is 0 Å². The average molecular weight is 485 g/mol. The Hall–Kier alpha value is -3.52. The molecule has 7 nitrogen and oxygen atoms in total. The summed E-state index contributed by atoms with van der Waals surface area (Å²) in [5, 5.41) is 5.54. The van der Waals surface area contributed by atoms with Crippen molar-refractivity contribution in [3.8, 4) is 17.2 Å². The van der Waals surface area contributed by atoms with E-state index in [1.807, 2.05) is 12.1 Å². The first-order valence-corrected chi connectivity index (χ1v) is 10.1. The average Bonchev–Trinajstić information content (AvgIpc) is 2.79. The fourth-order valence-corrected chi connectivity index (χ4v) is 3.00. The molecule has 160 valence electrons. The van der Waals surface area contributed by atoms with E-state index in [2.05, 4.69) is 26.6 Å². The van der Waals surface area contributed by atoms with E-state index in [-0.39, 0.29) is 18.4 Å². The first-order chi connectivity index (χ1) is 15.0. The lowest BCUT2D eigenvalue weighted by atomic mass is 10.1. The summed E-state index contributed by atoms with van der Waals surface area (Å²) in [4.78, 5) is 25.0. The van der Waals surface area contributed by atoms with Gasteiger partial charge in [-0.25, -0.2) is 0 Å². The van der Waals surface area contributed by atoms with Crippen LogP contribution in [0.3, 0.4) is 0 Å². The van der Waals surface area contributed by atoms with Crippen molar-refractivity contribution in [1.29, 1.82) is 0 Å². The molecular weight excluding hydrogens is 464 g/mol. The molecule has 0 aliphatic rings. The number of rotatable bonds is 8. The van der Waals surface area contributed by atoms with Gasteiger partial charge in [0.15, 0.2) is 6.61 Å². The number of para-hydroxylation sites is 1. The van der Waals surface area contributed by atoms with Crippen LogP contribution in [0.25, 0.3) is 0 Å². The van der Waals surface area contributed by atoms with Gasteiger partial charge in [0.2, 0.25) is 0 Å². The van der Waals surface area contributed by atoms with Gasteiger partial charge in [0, 0.05) is 34.0 Å². The molecule has 8 heteroatoms. The maximum absolute atomic E-state index is 12.8. The molecule has 0 spiro atoms. The predicted molar refractivity (Wildman–Crippen MR) is 122 cm³/mol. The van der Waals surface area contributed by atoms with Crippen LogP contribution in [0.4, 0.5) is 11.4 Å². The van der Waals surface area contributed by atoms with Gasteiger partial charge in [-0.2, -0.15) is 0 Å². The third kappa shape index (κ3) is 6.23. The number of carbonyl (C=O) groups is 2. The Kier molecular flexibility index (Phi) is 7.50. The second-order valence-corrected chi connectivity index (χ2v) is 7.31. The lowest BCUT2D eigenvalue weighted by Gasteiger charge is -2.13. The van der Waals surface area contributed by atoms with Gasteiger partial charge < -0.3 is 24.8 Å². The molecule has 0 bridgehead atoms. The van der Waals surface area contributed by atoms with Crippen molar-refractivity contribution in [2.45, 2.75) is 0 Å². The molecule has 0 aliphatic carbocycles. The topological polar surface area (TPSA) is 85.9 Å². The van der Waals surface area contributed by atoms with Crippen LogP contribution in [0.5, 0.6) is 17.2 Å². The minimum absolute atomic E-state index is 0.243. The maximum Gasteiger partial charge on any atom is 0.262 e. The van der Waals surface area contributed by atoms with Crippen LogP contribution in [0, 0.1) is 0 Å². The zero-order valence-electron chi connectivity index (χ0n) is 17.0. The van der Waals surface area contributed by atoms with Crippen molar-refractivity contribution >= 4 is 39.1 Å². The Balaban J connectivity index is 1.67. The van der Waals surface area contributed by atoms with Gasteiger partial charge in [0.05, 0.1) is 19.8 Å². The molecule has 31 heavy (non-hydrogen) atoms. The number of carbonyl (C=O) groups excluding carboxylic acids is 2. The summed E-state index contributed by atoms with van der Waals surface area (Å²) >= 11 is 3.34. The van der Waals surface area contributed by atoms with Gasteiger partial charge in [-0.05, 0) is 36.4 Å². The molecule has 0 radical (unpaired) electrons. The van der Waals surface area contributed by atoms with Crippen LogP contribution in [0.2, 0.25) is 0 Å². The van der Waals surface area contributed by atoms with Crippen molar-refractivity contribution in [2.24, 2.45) is 0 Å². The monoisotopic (exact) mass is 484 g/mol. The number of ether oxygens (including phenoxy) is 3. The van der Waals surface area contributed by atoms with Gasteiger partial charge in [0.25, 0.3) is 11.8 Å². The second kappa shape index (κ2) is 10.5. The Bertz CT molecular complexity index is 1050. The Morgan fingerprint density at radius 2 is 1.48 bits per heavy atom. The van der Waals surface area contributed by atoms with Gasteiger partial charge >= 0.3 is 0 Å². The number of halogens is 1. The number of methoxy groups -OCH3 is 2. The maximum atomic E-state index is 12.8. The van der Waals surface area contributed by atoms with Crippen molar-refractivity contribution < 1.29 is 23.8 Å². The fourth-order valence-electron chi connectivity index (χ4n) is 2.73. The number of nitrogens with one attached hydrogen (secondary N) is 2. The highest BCUT2D eigenvalue weighted by Crippen LogP contribution is 2.27. The van der Waals surface area contributed by atoms with Gasteiger partial charge in [-0.1, -0.05) is 28.1 Å². The third-order valence-electron chi connectivity index (χ3n) is 4.23. The van der Waals surface area contributed by atoms with E-state index in [0.717, 1.165) is 4.47 Å². The zero-order valence-corrected chi connectivity index (χ0v) is 18.6. The Labute approximate surface area is 188 Å². The van der Waals surface area contributed by atoms with E-state index < -0.39 is 0 Å². The van der Waals surface area contributed by atoms with Gasteiger partial charge in [-0.3, -0.25) is 9.59 Å². The minimum atomic E-state index is -0.390. The normalized spacial score (nSPS) is 10.2. The minimum Gasteiger partial charge on any atom is -0.497 e. The molecule has 3 rings (SSSR count). The summed E-state index contributed by atoms with van der Waals surface area (Å²) in [7, 11) is 3.06. The van der Waals surface area contributed by atoms with Crippen molar-refractivity contribution in [3.05, 3.63) is 76.8 Å². The third-order valence-corrected chi connectivity index (χ3v) is 4.76. The van der Waals surface area contributed by atoms with Gasteiger partial charge in [0.1, 0.15) is 17.2 Å². The molecule has 0 saturated carbocycles. The molecule has 2 amide bonds. The Morgan fingerprint density at radius 1 is 0.839 bits per heavy atom. The van der Waals surface area contributed by atoms with Crippen molar-refractivity contribution in [1.82, 2.24) is 0 Å². The number of anilines is 2. The second-order valence-electron chi connectivity index (χ2n) is 6.40. The summed E-state index contributed by atoms with van der Waals surface area (Å²) in [5.74, 6) is 0.655. The number of amides is 2. The van der Waals surface area contributed by atoms with E-state index in [4.69, 9.17) is 14.2 Å². The van der Waals surface area contributed by atoms with E-state index in [1.165, 1.54) is 14.2 Å². The standard InChI is InChI=1S/C23H21BrN2O5/c1-29-18-11-17(12-19(13-18)30-2)26-23(28)20-5-3-4-6-21(20)31-14-22(27)25-16-9-7-15(24)8-10-16/h3-13H,14H2,1-2H3,(H,25,27)(H,26,28). The number of hydrogen-bond acceptors (Lipinski definition) is 5. The quantitative estimate of drug-likeness (QED) is 0.482. The van der Waals surface area contributed by atoms with E-state index in [9.17, 15) is 9.59 Å². The Morgan fingerprint density at radius 3 is 2.13 bits per heavy atom. The molecule has 0 unspecified atom stereocenters. The SMILES string of the molecule is COc1cc(NC(=O)c2ccccc2OCC(=O)Nc2ccc(Br)cc2)cc(OC)c1. The van der Waals surface area contributed by atoms with Crippen LogP contribution in [0.1, 0.15) is 10.4 Å². The molecule has 0 atom stereocenters. The summed E-state index contributed by atoms with van der Waals surface area (Å²) in [6.07, 6.45) is 0. The fraction of sp³-hybridized carbons (Fsp3) is 0.130. The smallest absolute Gasteiger partial charge is 0.262 e. The molecule has 2 N–H and O–H groups in total. The molecule has 3 aromatic rings. The highest BCUT2D eigenvalue weighted by atomic mass is 79.9. The lowest BCUT2D eigenvalue weighted by Crippen LogP contribution is -2.21. The molecule has 0 saturated heterocycles. The van der Waals surface area contributed by atoms with Crippen molar-refractivity contribution in [3.63, 3.8) is 0 Å². The van der Waals surface area contributed by atoms with Gasteiger partial charge in [-0.15, -0.1) is 0 Å². The zero-order chi connectivity index (χ0) is 22.2. The summed E-state index contributed by atoms with van der Waals surface area (Å²) < 4.78 is 17.0. The van der Waals surface area contributed by atoms with Crippen LogP contribution in [0.15, 0.2) is 71.2 Å². The molecule has 0 aromatic heterocycles.